The molecular formula is C15H14N2. The molecule has 0 amide bonds. The van der Waals surface area contributed by atoms with Crippen molar-refractivity contribution in [2.45, 2.75) is 13.3 Å². The predicted octanol–water partition coefficient (Wildman–Crippen LogP) is 3.79. The van der Waals surface area contributed by atoms with Crippen LogP contribution >= 0.6 is 0 Å². The largest absolute Gasteiger partial charge is 0.281 e. The van der Waals surface area contributed by atoms with Gasteiger partial charge in [-0.15, -0.1) is 0 Å². The summed E-state index contributed by atoms with van der Waals surface area (Å²) in [6.45, 7) is 2.14. The van der Waals surface area contributed by atoms with E-state index in [4.69, 9.17) is 0 Å². The van der Waals surface area contributed by atoms with Crippen molar-refractivity contribution in [2.75, 3.05) is 0 Å². The Morgan fingerprint density at radius 1 is 1.00 bits per heavy atom. The summed E-state index contributed by atoms with van der Waals surface area (Å²) in [6.07, 6.45) is 0.981. The van der Waals surface area contributed by atoms with Gasteiger partial charge in [0.25, 0.3) is 0 Å². The van der Waals surface area contributed by atoms with E-state index in [1.54, 1.807) is 0 Å². The van der Waals surface area contributed by atoms with Gasteiger partial charge in [0, 0.05) is 11.1 Å². The van der Waals surface area contributed by atoms with Crippen LogP contribution in [0.15, 0.2) is 48.5 Å². The van der Waals surface area contributed by atoms with Crippen molar-refractivity contribution in [3.05, 3.63) is 54.2 Å². The molecule has 0 bridgehead atoms. The molecule has 3 aromatic rings. The topological polar surface area (TPSA) is 28.7 Å². The van der Waals surface area contributed by atoms with E-state index in [0.29, 0.717) is 0 Å². The average Bonchev–Trinajstić information content (AvgIpc) is 2.81. The van der Waals surface area contributed by atoms with Crippen molar-refractivity contribution in [3.63, 3.8) is 0 Å². The lowest BCUT2D eigenvalue weighted by atomic mass is 10.0. The third-order valence-corrected chi connectivity index (χ3v) is 3.09. The standard InChI is InChI=1S/C15H14N2/c1-2-14-13-10-12(8-9-15(13)17-16-14)11-6-4-3-5-7-11/h3-10H,2H2,1H3,(H,16,17). The number of nitrogens with zero attached hydrogens (tertiary/aromatic N) is 1. The van der Waals surface area contributed by atoms with Crippen molar-refractivity contribution >= 4 is 10.9 Å². The second kappa shape index (κ2) is 4.06. The Labute approximate surface area is 100 Å². The summed E-state index contributed by atoms with van der Waals surface area (Å²) in [7, 11) is 0. The summed E-state index contributed by atoms with van der Waals surface area (Å²) < 4.78 is 0. The SMILES string of the molecule is CCc1[nH]nc2ccc(-c3ccccc3)cc12. The minimum absolute atomic E-state index is 0.981. The van der Waals surface area contributed by atoms with Gasteiger partial charge in [-0.05, 0) is 29.7 Å². The van der Waals surface area contributed by atoms with Gasteiger partial charge >= 0.3 is 0 Å². The van der Waals surface area contributed by atoms with Crippen LogP contribution in [0, 0.1) is 0 Å². The Bertz CT molecular complexity index is 638. The van der Waals surface area contributed by atoms with Gasteiger partial charge in [0.05, 0.1) is 5.52 Å². The maximum atomic E-state index is 4.30. The summed E-state index contributed by atoms with van der Waals surface area (Å²) in [5.41, 5.74) is 4.74. The number of rotatable bonds is 2. The molecule has 2 aromatic carbocycles. The van der Waals surface area contributed by atoms with Crippen molar-refractivity contribution in [2.24, 2.45) is 0 Å². The van der Waals surface area contributed by atoms with Crippen LogP contribution in [0.1, 0.15) is 12.6 Å². The fourth-order valence-electron chi connectivity index (χ4n) is 2.14. The quantitative estimate of drug-likeness (QED) is 0.702. The molecule has 0 saturated carbocycles. The van der Waals surface area contributed by atoms with Gasteiger partial charge in [0.1, 0.15) is 0 Å². The van der Waals surface area contributed by atoms with Gasteiger partial charge in [0.2, 0.25) is 0 Å². The zero-order valence-electron chi connectivity index (χ0n) is 9.77. The first kappa shape index (κ1) is 10.1. The van der Waals surface area contributed by atoms with E-state index in [9.17, 15) is 0 Å². The first-order chi connectivity index (χ1) is 8.38. The maximum absolute atomic E-state index is 4.30. The van der Waals surface area contributed by atoms with Crippen LogP contribution in [0.3, 0.4) is 0 Å². The molecule has 0 aliphatic rings. The molecule has 3 rings (SSSR count). The Balaban J connectivity index is 2.19. The molecule has 0 fully saturated rings. The van der Waals surface area contributed by atoms with Crippen LogP contribution in [0.25, 0.3) is 22.0 Å². The van der Waals surface area contributed by atoms with Crippen LogP contribution in [0.2, 0.25) is 0 Å². The van der Waals surface area contributed by atoms with Crippen LogP contribution < -0.4 is 0 Å². The van der Waals surface area contributed by atoms with E-state index >= 15 is 0 Å². The highest BCUT2D eigenvalue weighted by molar-refractivity contribution is 5.86. The molecule has 1 heterocycles. The molecule has 84 valence electrons. The molecule has 2 nitrogen and oxygen atoms in total. The second-order valence-corrected chi connectivity index (χ2v) is 4.15. The number of fused-ring (bicyclic) bond motifs is 1. The molecule has 0 spiro atoms. The normalized spacial score (nSPS) is 10.9. The number of hydrogen-bond acceptors (Lipinski definition) is 1. The van der Waals surface area contributed by atoms with Gasteiger partial charge in [0.15, 0.2) is 0 Å². The molecular weight excluding hydrogens is 208 g/mol. The van der Waals surface area contributed by atoms with E-state index < -0.39 is 0 Å². The molecule has 0 unspecified atom stereocenters. The third-order valence-electron chi connectivity index (χ3n) is 3.09. The number of hydrogen-bond donors (Lipinski definition) is 1. The lowest BCUT2D eigenvalue weighted by molar-refractivity contribution is 0.988. The molecule has 0 saturated heterocycles. The summed E-state index contributed by atoms with van der Waals surface area (Å²) in [4.78, 5) is 0. The molecule has 0 aliphatic heterocycles. The highest BCUT2D eigenvalue weighted by Crippen LogP contribution is 2.25. The van der Waals surface area contributed by atoms with Crippen LogP contribution in [-0.2, 0) is 6.42 Å². The van der Waals surface area contributed by atoms with Crippen molar-refractivity contribution in [1.29, 1.82) is 0 Å². The lowest BCUT2D eigenvalue weighted by Gasteiger charge is -2.01. The molecule has 17 heavy (non-hydrogen) atoms. The highest BCUT2D eigenvalue weighted by Gasteiger charge is 2.05. The summed E-state index contributed by atoms with van der Waals surface area (Å²) in [5, 5.41) is 8.62. The highest BCUT2D eigenvalue weighted by atomic mass is 15.1. The average molecular weight is 222 g/mol. The molecule has 0 aliphatic carbocycles. The van der Waals surface area contributed by atoms with Crippen molar-refractivity contribution in [3.8, 4) is 11.1 Å². The molecule has 0 radical (unpaired) electrons. The Kier molecular flexibility index (Phi) is 2.41. The van der Waals surface area contributed by atoms with Gasteiger partial charge in [-0.1, -0.05) is 43.3 Å². The number of aromatic nitrogens is 2. The smallest absolute Gasteiger partial charge is 0.0924 e. The number of aromatic amines is 1. The van der Waals surface area contributed by atoms with Crippen molar-refractivity contribution in [1.82, 2.24) is 10.2 Å². The zero-order chi connectivity index (χ0) is 11.7. The molecule has 2 heteroatoms. The van der Waals surface area contributed by atoms with Gasteiger partial charge < -0.3 is 0 Å². The summed E-state index contributed by atoms with van der Waals surface area (Å²) in [5.74, 6) is 0. The third kappa shape index (κ3) is 1.72. The molecule has 1 aromatic heterocycles. The van der Waals surface area contributed by atoms with Crippen LogP contribution in [-0.4, -0.2) is 10.2 Å². The lowest BCUT2D eigenvalue weighted by Crippen LogP contribution is -1.81. The predicted molar refractivity (Wildman–Crippen MR) is 70.9 cm³/mol. The van der Waals surface area contributed by atoms with Gasteiger partial charge in [-0.25, -0.2) is 0 Å². The Morgan fingerprint density at radius 2 is 1.82 bits per heavy atom. The Morgan fingerprint density at radius 3 is 2.59 bits per heavy atom. The number of H-pyrrole nitrogens is 1. The van der Waals surface area contributed by atoms with E-state index in [-0.39, 0.29) is 0 Å². The molecule has 1 N–H and O–H groups in total. The second-order valence-electron chi connectivity index (χ2n) is 4.15. The fourth-order valence-corrected chi connectivity index (χ4v) is 2.14. The van der Waals surface area contributed by atoms with Crippen LogP contribution in [0.5, 0.6) is 0 Å². The minimum Gasteiger partial charge on any atom is -0.281 e. The van der Waals surface area contributed by atoms with E-state index in [1.807, 2.05) is 6.07 Å². The number of benzene rings is 2. The summed E-state index contributed by atoms with van der Waals surface area (Å²) in [6, 6.07) is 16.8. The van der Waals surface area contributed by atoms with E-state index in [2.05, 4.69) is 59.6 Å². The molecule has 0 atom stereocenters. The monoisotopic (exact) mass is 222 g/mol. The summed E-state index contributed by atoms with van der Waals surface area (Å²) >= 11 is 0. The van der Waals surface area contributed by atoms with Crippen LogP contribution in [0.4, 0.5) is 0 Å². The fraction of sp³-hybridized carbons (Fsp3) is 0.133. The van der Waals surface area contributed by atoms with Gasteiger partial charge in [-0.2, -0.15) is 5.10 Å². The van der Waals surface area contributed by atoms with E-state index in [0.717, 1.165) is 11.9 Å². The minimum atomic E-state index is 0.981. The first-order valence-corrected chi connectivity index (χ1v) is 5.91. The number of aryl methyl sites for hydroxylation is 1. The van der Waals surface area contributed by atoms with Crippen molar-refractivity contribution < 1.29 is 0 Å². The maximum Gasteiger partial charge on any atom is 0.0924 e. The van der Waals surface area contributed by atoms with E-state index in [1.165, 1.54) is 22.2 Å². The number of nitrogens with one attached hydrogen (secondary N) is 1. The first-order valence-electron chi connectivity index (χ1n) is 5.91. The Hall–Kier alpha value is -2.09. The van der Waals surface area contributed by atoms with Gasteiger partial charge in [-0.3, -0.25) is 5.10 Å². The zero-order valence-corrected chi connectivity index (χ0v) is 9.77.